The summed E-state index contributed by atoms with van der Waals surface area (Å²) in [4.78, 5) is 0. The maximum Gasteiger partial charge on any atom is 0.125 e. The summed E-state index contributed by atoms with van der Waals surface area (Å²) in [7, 11) is 0. The average molecular weight is 275 g/mol. The Balaban J connectivity index is 2.08. The van der Waals surface area contributed by atoms with Crippen LogP contribution in [0.5, 0.6) is 5.75 Å². The van der Waals surface area contributed by atoms with Crippen LogP contribution >= 0.6 is 0 Å². The van der Waals surface area contributed by atoms with Gasteiger partial charge in [-0.15, -0.1) is 0 Å². The molecule has 2 heteroatoms. The van der Waals surface area contributed by atoms with Gasteiger partial charge in [0.15, 0.2) is 0 Å². The Hall–Kier alpha value is -1.02. The second-order valence-corrected chi connectivity index (χ2v) is 6.74. The summed E-state index contributed by atoms with van der Waals surface area (Å²) in [6, 6.07) is 4.68. The number of benzene rings is 1. The highest BCUT2D eigenvalue weighted by Crippen LogP contribution is 2.31. The van der Waals surface area contributed by atoms with Crippen LogP contribution in [0.15, 0.2) is 12.1 Å². The molecule has 0 heterocycles. The van der Waals surface area contributed by atoms with E-state index in [-0.39, 0.29) is 6.04 Å². The van der Waals surface area contributed by atoms with Crippen molar-refractivity contribution in [1.82, 2.24) is 0 Å². The number of ether oxygens (including phenoxy) is 1. The fourth-order valence-electron chi connectivity index (χ4n) is 3.23. The predicted molar refractivity (Wildman–Crippen MR) is 85.3 cm³/mol. The quantitative estimate of drug-likeness (QED) is 0.896. The van der Waals surface area contributed by atoms with Gasteiger partial charge in [0.25, 0.3) is 0 Å². The normalized spacial score (nSPS) is 24.4. The fourth-order valence-corrected chi connectivity index (χ4v) is 3.23. The van der Waals surface area contributed by atoms with Crippen LogP contribution in [0, 0.1) is 19.8 Å². The first-order valence-electron chi connectivity index (χ1n) is 7.98. The monoisotopic (exact) mass is 275 g/mol. The summed E-state index contributed by atoms with van der Waals surface area (Å²) in [6.45, 7) is 8.70. The molecule has 1 fully saturated rings. The molecule has 0 radical (unpaired) electrons. The average Bonchev–Trinajstić information content (AvgIpc) is 2.35. The lowest BCUT2D eigenvalue weighted by Crippen LogP contribution is -2.24. The molecule has 0 spiro atoms. The molecule has 2 N–H and O–H groups in total. The van der Waals surface area contributed by atoms with Gasteiger partial charge in [-0.1, -0.05) is 19.1 Å². The van der Waals surface area contributed by atoms with Gasteiger partial charge in [0.2, 0.25) is 0 Å². The molecule has 2 nitrogen and oxygen atoms in total. The standard InChI is InChI=1S/C18H29NO/c1-12-5-7-17(8-6-12)20-18-13(2)9-16(10-14(18)3)11-15(4)19/h9-10,12,15,17H,5-8,11,19H2,1-4H3. The van der Waals surface area contributed by atoms with Gasteiger partial charge in [0, 0.05) is 6.04 Å². The van der Waals surface area contributed by atoms with Crippen molar-refractivity contribution in [2.75, 3.05) is 0 Å². The predicted octanol–water partition coefficient (Wildman–Crippen LogP) is 4.15. The number of hydrogen-bond acceptors (Lipinski definition) is 2. The minimum Gasteiger partial charge on any atom is -0.490 e. The van der Waals surface area contributed by atoms with Crippen LogP contribution in [-0.2, 0) is 6.42 Å². The molecule has 0 amide bonds. The molecule has 0 bridgehead atoms. The van der Waals surface area contributed by atoms with Crippen LogP contribution in [0.3, 0.4) is 0 Å². The van der Waals surface area contributed by atoms with Gasteiger partial charge >= 0.3 is 0 Å². The Morgan fingerprint density at radius 3 is 2.20 bits per heavy atom. The Labute approximate surface area is 123 Å². The smallest absolute Gasteiger partial charge is 0.125 e. The van der Waals surface area contributed by atoms with Gasteiger partial charge in [-0.2, -0.15) is 0 Å². The third-order valence-corrected chi connectivity index (χ3v) is 4.33. The van der Waals surface area contributed by atoms with Crippen LogP contribution in [0.2, 0.25) is 0 Å². The van der Waals surface area contributed by atoms with Crippen molar-refractivity contribution in [3.63, 3.8) is 0 Å². The highest BCUT2D eigenvalue weighted by molar-refractivity contribution is 5.43. The number of rotatable bonds is 4. The van der Waals surface area contributed by atoms with E-state index in [4.69, 9.17) is 10.5 Å². The summed E-state index contributed by atoms with van der Waals surface area (Å²) >= 11 is 0. The highest BCUT2D eigenvalue weighted by atomic mass is 16.5. The molecular formula is C18H29NO. The zero-order valence-corrected chi connectivity index (χ0v) is 13.4. The SMILES string of the molecule is Cc1cc(CC(C)N)cc(C)c1OC1CCC(C)CC1. The van der Waals surface area contributed by atoms with Gasteiger partial charge in [-0.25, -0.2) is 0 Å². The van der Waals surface area contributed by atoms with Gasteiger partial charge < -0.3 is 10.5 Å². The third-order valence-electron chi connectivity index (χ3n) is 4.33. The molecule has 0 aromatic heterocycles. The van der Waals surface area contributed by atoms with E-state index in [0.717, 1.165) is 18.1 Å². The molecule has 1 aromatic carbocycles. The molecule has 1 atom stereocenters. The van der Waals surface area contributed by atoms with Crippen molar-refractivity contribution in [2.45, 2.75) is 71.9 Å². The largest absolute Gasteiger partial charge is 0.490 e. The van der Waals surface area contributed by atoms with Crippen molar-refractivity contribution in [2.24, 2.45) is 11.7 Å². The lowest BCUT2D eigenvalue weighted by molar-refractivity contribution is 0.134. The molecule has 1 aliphatic carbocycles. The Bertz CT molecular complexity index is 422. The number of aryl methyl sites for hydroxylation is 2. The highest BCUT2D eigenvalue weighted by Gasteiger charge is 2.21. The van der Waals surface area contributed by atoms with Crippen molar-refractivity contribution in [3.05, 3.63) is 28.8 Å². The lowest BCUT2D eigenvalue weighted by Gasteiger charge is -2.28. The maximum atomic E-state index is 6.29. The second kappa shape index (κ2) is 6.62. The maximum absolute atomic E-state index is 6.29. The van der Waals surface area contributed by atoms with Crippen molar-refractivity contribution in [3.8, 4) is 5.75 Å². The summed E-state index contributed by atoms with van der Waals surface area (Å²) in [5.41, 5.74) is 9.71. The molecule has 1 aromatic rings. The van der Waals surface area contributed by atoms with Crippen molar-refractivity contribution in [1.29, 1.82) is 0 Å². The molecule has 0 saturated heterocycles. The van der Waals surface area contributed by atoms with Gasteiger partial charge in [-0.05, 0) is 75.5 Å². The van der Waals surface area contributed by atoms with E-state index in [9.17, 15) is 0 Å². The van der Waals surface area contributed by atoms with E-state index in [1.165, 1.54) is 42.4 Å². The van der Waals surface area contributed by atoms with Crippen LogP contribution < -0.4 is 10.5 Å². The fraction of sp³-hybridized carbons (Fsp3) is 0.667. The summed E-state index contributed by atoms with van der Waals surface area (Å²) in [6.07, 6.45) is 6.33. The molecule has 112 valence electrons. The molecule has 20 heavy (non-hydrogen) atoms. The van der Waals surface area contributed by atoms with Crippen molar-refractivity contribution >= 4 is 0 Å². The van der Waals surface area contributed by atoms with Crippen molar-refractivity contribution < 1.29 is 4.74 Å². The summed E-state index contributed by atoms with van der Waals surface area (Å²) in [5, 5.41) is 0. The van der Waals surface area contributed by atoms with E-state index in [0.29, 0.717) is 6.10 Å². The Morgan fingerprint density at radius 1 is 1.15 bits per heavy atom. The lowest BCUT2D eigenvalue weighted by atomic mass is 9.89. The zero-order valence-electron chi connectivity index (χ0n) is 13.4. The first kappa shape index (κ1) is 15.4. The van der Waals surface area contributed by atoms with E-state index in [2.05, 4.69) is 39.8 Å². The summed E-state index contributed by atoms with van der Waals surface area (Å²) < 4.78 is 6.29. The van der Waals surface area contributed by atoms with Crippen LogP contribution in [0.25, 0.3) is 0 Å². The first-order chi connectivity index (χ1) is 9.45. The minimum absolute atomic E-state index is 0.209. The van der Waals surface area contributed by atoms with Gasteiger partial charge in [0.1, 0.15) is 5.75 Å². The molecule has 1 aliphatic rings. The molecule has 1 unspecified atom stereocenters. The molecule has 1 saturated carbocycles. The summed E-state index contributed by atoms with van der Waals surface area (Å²) in [5.74, 6) is 1.96. The van der Waals surface area contributed by atoms with Crippen LogP contribution in [0.4, 0.5) is 0 Å². The van der Waals surface area contributed by atoms with E-state index < -0.39 is 0 Å². The van der Waals surface area contributed by atoms with Gasteiger partial charge in [-0.3, -0.25) is 0 Å². The number of hydrogen-bond donors (Lipinski definition) is 1. The van der Waals surface area contributed by atoms with E-state index >= 15 is 0 Å². The Morgan fingerprint density at radius 2 is 1.70 bits per heavy atom. The zero-order chi connectivity index (χ0) is 14.7. The first-order valence-corrected chi connectivity index (χ1v) is 7.98. The van der Waals surface area contributed by atoms with Crippen LogP contribution in [0.1, 0.15) is 56.2 Å². The van der Waals surface area contributed by atoms with Crippen LogP contribution in [-0.4, -0.2) is 12.1 Å². The second-order valence-electron chi connectivity index (χ2n) is 6.74. The van der Waals surface area contributed by atoms with E-state index in [1.54, 1.807) is 0 Å². The topological polar surface area (TPSA) is 35.2 Å². The third kappa shape index (κ3) is 3.99. The van der Waals surface area contributed by atoms with E-state index in [1.807, 2.05) is 0 Å². The number of nitrogens with two attached hydrogens (primary N) is 1. The molecule has 2 rings (SSSR count). The molecular weight excluding hydrogens is 246 g/mol. The molecule has 0 aliphatic heterocycles. The van der Waals surface area contributed by atoms with Gasteiger partial charge in [0.05, 0.1) is 6.10 Å². The Kier molecular flexibility index (Phi) is 5.09. The minimum atomic E-state index is 0.209.